The zero-order valence-electron chi connectivity index (χ0n) is 35.7. The van der Waals surface area contributed by atoms with E-state index in [4.69, 9.17) is 18.9 Å². The number of carbonyl (C=O) groups is 1. The maximum atomic E-state index is 12.6. The van der Waals surface area contributed by atoms with Gasteiger partial charge >= 0.3 is 6.09 Å². The molecule has 1 N–H and O–H groups in total. The predicted molar refractivity (Wildman–Crippen MR) is 208 cm³/mol. The van der Waals surface area contributed by atoms with Crippen LogP contribution >= 0.6 is 0 Å². The summed E-state index contributed by atoms with van der Waals surface area (Å²) in [6.45, 7) is 26.3. The Morgan fingerprint density at radius 3 is 2.26 bits per heavy atom. The minimum absolute atomic E-state index is 0.0525. The molecule has 5 aliphatic carbocycles. The summed E-state index contributed by atoms with van der Waals surface area (Å²) in [7, 11) is 5.22. The lowest BCUT2D eigenvalue weighted by molar-refractivity contribution is -0.253. The van der Waals surface area contributed by atoms with Crippen LogP contribution in [0.25, 0.3) is 0 Å². The average Bonchev–Trinajstić information content (AvgIpc) is 3.69. The molecule has 0 bridgehead atoms. The molecule has 7 fully saturated rings. The molecule has 9 heteroatoms. The van der Waals surface area contributed by atoms with Crippen molar-refractivity contribution in [3.63, 3.8) is 0 Å². The Bertz CT molecular complexity index is 1340. The van der Waals surface area contributed by atoms with Gasteiger partial charge in [-0.1, -0.05) is 48.5 Å². The number of fused-ring (bicyclic) bond motifs is 2. The normalized spacial score (nSPS) is 44.3. The second kappa shape index (κ2) is 14.1. The Labute approximate surface area is 322 Å². The van der Waals surface area contributed by atoms with Gasteiger partial charge in [0.05, 0.1) is 24.9 Å². The predicted octanol–water partition coefficient (Wildman–Crippen LogP) is 7.30. The highest BCUT2D eigenvalue weighted by Gasteiger charge is 2.83. The highest BCUT2D eigenvalue weighted by atomic mass is 16.7. The third-order valence-electron chi connectivity index (χ3n) is 17.9. The lowest BCUT2D eigenvalue weighted by Crippen LogP contribution is -2.64. The second-order valence-corrected chi connectivity index (χ2v) is 21.2. The molecule has 2 spiro atoms. The standard InChI is InChI=1S/C44H77N3O6/c1-27(2)38(53-39(49)45(10)11)32(50-12)21-29(5)31-22-35(48)42(9)34-14-13-33-40(6,7)36(15-16-43(33)26-44(34,43)18-17-41(31,42)8)52-37-25-46(19-20-51-37)30-23-47(24-30)28(3)4/h27-38,48H,13-26H2,1-12H3/t29-,31-,32?,33+,34?,35+,36+,37+,38-,41-,42-,43-,44?/m1/s1. The Morgan fingerprint density at radius 1 is 0.943 bits per heavy atom. The molecule has 1 amide bonds. The van der Waals surface area contributed by atoms with E-state index in [2.05, 4.69) is 72.1 Å². The summed E-state index contributed by atoms with van der Waals surface area (Å²) in [5, 5.41) is 12.3. The summed E-state index contributed by atoms with van der Waals surface area (Å²) in [4.78, 5) is 19.3. The first-order valence-electron chi connectivity index (χ1n) is 21.7. The van der Waals surface area contributed by atoms with E-state index in [0.29, 0.717) is 46.6 Å². The van der Waals surface area contributed by atoms with Crippen molar-refractivity contribution >= 4 is 6.09 Å². The highest BCUT2D eigenvalue weighted by Crippen LogP contribution is 2.89. The molecule has 53 heavy (non-hydrogen) atoms. The number of rotatable bonds is 11. The van der Waals surface area contributed by atoms with Gasteiger partial charge in [0, 0.05) is 64.9 Å². The van der Waals surface area contributed by atoms with Crippen LogP contribution in [0.3, 0.4) is 0 Å². The van der Waals surface area contributed by atoms with Crippen LogP contribution in [0.4, 0.5) is 4.79 Å². The fourth-order valence-electron chi connectivity index (χ4n) is 14.6. The third-order valence-corrected chi connectivity index (χ3v) is 17.9. The third kappa shape index (κ3) is 6.17. The average molecular weight is 744 g/mol. The summed E-state index contributed by atoms with van der Waals surface area (Å²) in [5.74, 6) is 2.07. The van der Waals surface area contributed by atoms with E-state index in [1.165, 1.54) is 56.5 Å². The molecule has 3 unspecified atom stereocenters. The number of methoxy groups -OCH3 is 1. The van der Waals surface area contributed by atoms with Gasteiger partial charge in [-0.25, -0.2) is 4.79 Å². The van der Waals surface area contributed by atoms with Gasteiger partial charge in [0.25, 0.3) is 0 Å². The summed E-state index contributed by atoms with van der Waals surface area (Å²) in [6.07, 6.45) is 9.28. The first kappa shape index (κ1) is 40.2. The number of hydrogen-bond acceptors (Lipinski definition) is 8. The molecule has 2 heterocycles. The molecule has 0 aromatic rings. The minimum Gasteiger partial charge on any atom is -0.443 e. The van der Waals surface area contributed by atoms with E-state index in [0.717, 1.165) is 39.0 Å². The van der Waals surface area contributed by atoms with Gasteiger partial charge in [0.15, 0.2) is 6.29 Å². The van der Waals surface area contributed by atoms with Crippen LogP contribution in [0.15, 0.2) is 0 Å². The smallest absolute Gasteiger partial charge is 0.409 e. The van der Waals surface area contributed by atoms with Crippen LogP contribution in [0.5, 0.6) is 0 Å². The molecule has 7 aliphatic rings. The molecule has 304 valence electrons. The largest absolute Gasteiger partial charge is 0.443 e. The Kier molecular flexibility index (Phi) is 10.7. The lowest BCUT2D eigenvalue weighted by atomic mass is 9.41. The SMILES string of the molecule is COC(C[C@@H](C)[C@H]1C[C@H](O)[C@@]2(C)C3CC[C@H]4C(C)(C)[C@@H](O[C@H]5CN(C6CN(C(C)C)C6)CCO5)CC[C@@]45CC35CC[C@]12C)[C@H](OC(=O)N(C)C)C(C)C. The summed E-state index contributed by atoms with van der Waals surface area (Å²) in [6, 6.07) is 1.26. The number of likely N-dealkylation sites (tertiary alicyclic amines) is 1. The Hall–Kier alpha value is -0.970. The molecule has 13 atom stereocenters. The zero-order chi connectivity index (χ0) is 38.5. The second-order valence-electron chi connectivity index (χ2n) is 21.2. The number of amides is 1. The van der Waals surface area contributed by atoms with Gasteiger partial charge in [-0.3, -0.25) is 9.80 Å². The van der Waals surface area contributed by atoms with Crippen molar-refractivity contribution in [2.45, 2.75) is 163 Å². The van der Waals surface area contributed by atoms with Gasteiger partial charge in [-0.05, 0) is 123 Å². The molecular weight excluding hydrogens is 666 g/mol. The van der Waals surface area contributed by atoms with Crippen LogP contribution in [-0.4, -0.2) is 123 Å². The molecule has 0 radical (unpaired) electrons. The van der Waals surface area contributed by atoms with Crippen LogP contribution in [0.1, 0.15) is 120 Å². The summed E-state index contributed by atoms with van der Waals surface area (Å²) in [5.41, 5.74) is 0.750. The fourth-order valence-corrected chi connectivity index (χ4v) is 14.6. The number of hydrogen-bond donors (Lipinski definition) is 1. The van der Waals surface area contributed by atoms with Gasteiger partial charge in [0.1, 0.15) is 6.10 Å². The number of carbonyl (C=O) groups excluding carboxylic acids is 1. The van der Waals surface area contributed by atoms with Gasteiger partial charge in [-0.2, -0.15) is 0 Å². The topological polar surface area (TPSA) is 83.9 Å². The summed E-state index contributed by atoms with van der Waals surface area (Å²) < 4.78 is 25.4. The van der Waals surface area contributed by atoms with E-state index >= 15 is 0 Å². The van der Waals surface area contributed by atoms with E-state index in [1.807, 2.05) is 0 Å². The van der Waals surface area contributed by atoms with Crippen LogP contribution < -0.4 is 0 Å². The number of aliphatic hydroxyl groups excluding tert-OH is 1. The van der Waals surface area contributed by atoms with E-state index in [-0.39, 0.29) is 59.0 Å². The van der Waals surface area contributed by atoms with Crippen molar-refractivity contribution in [1.82, 2.24) is 14.7 Å². The molecular formula is C44H77N3O6. The monoisotopic (exact) mass is 744 g/mol. The van der Waals surface area contributed by atoms with Crippen molar-refractivity contribution in [3.05, 3.63) is 0 Å². The van der Waals surface area contributed by atoms with Gasteiger partial charge in [0.2, 0.25) is 0 Å². The Balaban J connectivity index is 1.03. The molecule has 9 nitrogen and oxygen atoms in total. The van der Waals surface area contributed by atoms with Gasteiger partial charge in [-0.15, -0.1) is 0 Å². The van der Waals surface area contributed by atoms with Crippen molar-refractivity contribution < 1.29 is 28.8 Å². The first-order chi connectivity index (χ1) is 24.9. The van der Waals surface area contributed by atoms with Crippen molar-refractivity contribution in [2.75, 3.05) is 54.0 Å². The lowest BCUT2D eigenvalue weighted by Gasteiger charge is -2.64. The maximum absolute atomic E-state index is 12.6. The first-order valence-corrected chi connectivity index (χ1v) is 21.7. The van der Waals surface area contributed by atoms with E-state index < -0.39 is 0 Å². The van der Waals surface area contributed by atoms with Crippen molar-refractivity contribution in [3.8, 4) is 0 Å². The Morgan fingerprint density at radius 2 is 1.62 bits per heavy atom. The van der Waals surface area contributed by atoms with Crippen LogP contribution in [0, 0.1) is 56.7 Å². The van der Waals surface area contributed by atoms with Gasteiger partial charge < -0.3 is 29.0 Å². The molecule has 2 saturated heterocycles. The summed E-state index contributed by atoms with van der Waals surface area (Å²) >= 11 is 0. The van der Waals surface area contributed by atoms with Crippen molar-refractivity contribution in [2.24, 2.45) is 56.7 Å². The molecule has 7 rings (SSSR count). The minimum atomic E-state index is -0.319. The number of nitrogens with zero attached hydrogens (tertiary/aromatic N) is 3. The molecule has 0 aromatic heterocycles. The fraction of sp³-hybridized carbons (Fsp3) is 0.977. The van der Waals surface area contributed by atoms with E-state index in [1.54, 1.807) is 21.2 Å². The number of aliphatic hydroxyl groups is 1. The highest BCUT2D eigenvalue weighted by molar-refractivity contribution is 5.67. The van der Waals surface area contributed by atoms with E-state index in [9.17, 15) is 9.90 Å². The quantitative estimate of drug-likeness (QED) is 0.236. The van der Waals surface area contributed by atoms with Crippen LogP contribution in [0.2, 0.25) is 0 Å². The molecule has 2 aliphatic heterocycles. The molecule has 0 aromatic carbocycles. The van der Waals surface area contributed by atoms with Crippen molar-refractivity contribution in [1.29, 1.82) is 0 Å². The maximum Gasteiger partial charge on any atom is 0.409 e. The number of ether oxygens (including phenoxy) is 4. The molecule has 5 saturated carbocycles. The zero-order valence-corrected chi connectivity index (χ0v) is 35.7. The number of morpholine rings is 1. The van der Waals surface area contributed by atoms with Crippen LogP contribution in [-0.2, 0) is 18.9 Å².